The lowest BCUT2D eigenvalue weighted by molar-refractivity contribution is 0.394. The monoisotopic (exact) mass is 351 g/mol. The van der Waals surface area contributed by atoms with Gasteiger partial charge in [-0.25, -0.2) is 22.2 Å². The minimum absolute atomic E-state index is 0.00213. The molecule has 1 aromatic heterocycles. The molecular weight excluding hydrogens is 343 g/mol. The predicted molar refractivity (Wildman–Crippen MR) is 73.5 cm³/mol. The SMILES string of the molecule is Cc1cc(Oc2cc(F)c(S(C)(=O)=O)c(F)c2F)cc(Cl)n1. The Kier molecular flexibility index (Phi) is 4.35. The molecular formula is C13H9ClF3NO3S. The van der Waals surface area contributed by atoms with E-state index in [2.05, 4.69) is 4.98 Å². The van der Waals surface area contributed by atoms with Gasteiger partial charge in [0, 0.05) is 30.1 Å². The molecule has 4 nitrogen and oxygen atoms in total. The summed E-state index contributed by atoms with van der Waals surface area (Å²) in [7, 11) is -4.27. The van der Waals surface area contributed by atoms with Crippen molar-refractivity contribution in [2.45, 2.75) is 11.8 Å². The second-order valence-electron chi connectivity index (χ2n) is 4.45. The van der Waals surface area contributed by atoms with Crippen LogP contribution in [0.1, 0.15) is 5.69 Å². The summed E-state index contributed by atoms with van der Waals surface area (Å²) in [6, 6.07) is 3.04. The zero-order valence-electron chi connectivity index (χ0n) is 11.3. The second-order valence-corrected chi connectivity index (χ2v) is 6.79. The first-order chi connectivity index (χ1) is 10.1. The van der Waals surface area contributed by atoms with Crippen molar-refractivity contribution in [2.75, 3.05) is 6.26 Å². The van der Waals surface area contributed by atoms with Gasteiger partial charge >= 0.3 is 0 Å². The molecule has 0 N–H and O–H groups in total. The first kappa shape index (κ1) is 16.6. The minimum Gasteiger partial charge on any atom is -0.454 e. The fourth-order valence-corrected chi connectivity index (χ4v) is 2.82. The molecule has 0 aliphatic rings. The van der Waals surface area contributed by atoms with E-state index in [1.54, 1.807) is 6.92 Å². The van der Waals surface area contributed by atoms with Gasteiger partial charge in [0.2, 0.25) is 5.82 Å². The van der Waals surface area contributed by atoms with Crippen LogP contribution in [0.4, 0.5) is 13.2 Å². The quantitative estimate of drug-likeness (QED) is 0.625. The van der Waals surface area contributed by atoms with E-state index in [1.165, 1.54) is 12.1 Å². The summed E-state index contributed by atoms with van der Waals surface area (Å²) in [4.78, 5) is 2.50. The van der Waals surface area contributed by atoms with E-state index in [1.807, 2.05) is 0 Å². The Morgan fingerprint density at radius 1 is 1.14 bits per heavy atom. The van der Waals surface area contributed by atoms with Crippen LogP contribution in [0, 0.1) is 24.4 Å². The fraction of sp³-hybridized carbons (Fsp3) is 0.154. The Bertz CT molecular complexity index is 836. The number of benzene rings is 1. The Hall–Kier alpha value is -1.80. The van der Waals surface area contributed by atoms with Crippen LogP contribution in [-0.4, -0.2) is 19.7 Å². The van der Waals surface area contributed by atoms with Gasteiger partial charge in [0.15, 0.2) is 21.4 Å². The third-order valence-corrected chi connectivity index (χ3v) is 3.89. The third kappa shape index (κ3) is 3.33. The van der Waals surface area contributed by atoms with Crippen LogP contribution in [0.5, 0.6) is 11.5 Å². The molecule has 0 aliphatic carbocycles. The topological polar surface area (TPSA) is 56.3 Å². The van der Waals surface area contributed by atoms with Gasteiger partial charge in [-0.1, -0.05) is 11.6 Å². The number of pyridine rings is 1. The number of halogens is 4. The van der Waals surface area contributed by atoms with Crippen LogP contribution in [0.15, 0.2) is 23.1 Å². The largest absolute Gasteiger partial charge is 0.454 e. The van der Waals surface area contributed by atoms with Crippen molar-refractivity contribution < 1.29 is 26.3 Å². The first-order valence-electron chi connectivity index (χ1n) is 5.79. The maximum absolute atomic E-state index is 13.9. The number of aromatic nitrogens is 1. The van der Waals surface area contributed by atoms with E-state index in [9.17, 15) is 21.6 Å². The zero-order chi connectivity index (χ0) is 16.7. The van der Waals surface area contributed by atoms with Gasteiger partial charge in [-0.3, -0.25) is 0 Å². The van der Waals surface area contributed by atoms with Gasteiger partial charge in [0.05, 0.1) is 0 Å². The highest BCUT2D eigenvalue weighted by molar-refractivity contribution is 7.90. The number of nitrogens with zero attached hydrogens (tertiary/aromatic N) is 1. The summed E-state index contributed by atoms with van der Waals surface area (Å²) in [6.45, 7) is 1.59. The molecule has 2 rings (SSSR count). The third-order valence-electron chi connectivity index (χ3n) is 2.58. The van der Waals surface area contributed by atoms with Gasteiger partial charge in [-0.15, -0.1) is 0 Å². The Balaban J connectivity index is 2.54. The van der Waals surface area contributed by atoms with E-state index in [-0.39, 0.29) is 10.9 Å². The summed E-state index contributed by atoms with van der Waals surface area (Å²) in [5, 5.41) is 0.0455. The molecule has 9 heteroatoms. The molecule has 22 heavy (non-hydrogen) atoms. The van der Waals surface area contributed by atoms with Crippen LogP contribution in [-0.2, 0) is 9.84 Å². The lowest BCUT2D eigenvalue weighted by Gasteiger charge is -2.11. The highest BCUT2D eigenvalue weighted by atomic mass is 35.5. The normalized spacial score (nSPS) is 11.5. The van der Waals surface area contributed by atoms with Gasteiger partial charge < -0.3 is 4.74 Å². The fourth-order valence-electron chi connectivity index (χ4n) is 1.75. The van der Waals surface area contributed by atoms with E-state index in [0.717, 1.165) is 0 Å². The van der Waals surface area contributed by atoms with Crippen molar-refractivity contribution in [3.8, 4) is 11.5 Å². The van der Waals surface area contributed by atoms with Gasteiger partial charge in [-0.05, 0) is 6.92 Å². The number of hydrogen-bond donors (Lipinski definition) is 0. The molecule has 0 bridgehead atoms. The van der Waals surface area contributed by atoms with E-state index >= 15 is 0 Å². The average molecular weight is 352 g/mol. The summed E-state index contributed by atoms with van der Waals surface area (Å²) in [6.07, 6.45) is 0.570. The number of ether oxygens (including phenoxy) is 1. The molecule has 0 aliphatic heterocycles. The maximum Gasteiger partial charge on any atom is 0.202 e. The van der Waals surface area contributed by atoms with Crippen LogP contribution < -0.4 is 4.74 Å². The minimum atomic E-state index is -4.27. The van der Waals surface area contributed by atoms with Crippen LogP contribution in [0.25, 0.3) is 0 Å². The zero-order valence-corrected chi connectivity index (χ0v) is 12.9. The molecule has 1 heterocycles. The lowest BCUT2D eigenvalue weighted by atomic mass is 10.3. The molecule has 0 amide bonds. The smallest absolute Gasteiger partial charge is 0.202 e. The van der Waals surface area contributed by atoms with Crippen molar-refractivity contribution in [3.05, 3.63) is 46.5 Å². The predicted octanol–water partition coefficient (Wildman–Crippen LogP) is 3.66. The molecule has 118 valence electrons. The number of sulfone groups is 1. The van der Waals surface area contributed by atoms with Gasteiger partial charge in [-0.2, -0.15) is 4.39 Å². The summed E-state index contributed by atoms with van der Waals surface area (Å²) >= 11 is 5.69. The first-order valence-corrected chi connectivity index (χ1v) is 8.06. The van der Waals surface area contributed by atoms with Gasteiger partial charge in [0.25, 0.3) is 0 Å². The van der Waals surface area contributed by atoms with Crippen molar-refractivity contribution in [3.63, 3.8) is 0 Å². The molecule has 0 atom stereocenters. The highest BCUT2D eigenvalue weighted by Gasteiger charge is 2.26. The van der Waals surface area contributed by atoms with Crippen LogP contribution >= 0.6 is 11.6 Å². The molecule has 0 unspecified atom stereocenters. The van der Waals surface area contributed by atoms with Crippen molar-refractivity contribution in [1.82, 2.24) is 4.98 Å². The average Bonchev–Trinajstić information content (AvgIpc) is 2.32. The molecule has 2 aromatic rings. The molecule has 1 aromatic carbocycles. The summed E-state index contributed by atoms with van der Waals surface area (Å²) in [5.41, 5.74) is 0.441. The van der Waals surface area contributed by atoms with E-state index in [4.69, 9.17) is 16.3 Å². The van der Waals surface area contributed by atoms with Crippen LogP contribution in [0.2, 0.25) is 5.15 Å². The van der Waals surface area contributed by atoms with Crippen molar-refractivity contribution in [1.29, 1.82) is 0 Å². The molecule has 0 spiro atoms. The Labute approximate surface area is 129 Å². The standard InChI is InChI=1S/C13H9ClF3NO3S/c1-6-3-7(4-10(14)18-6)21-9-5-8(15)13(22(2,19)20)12(17)11(9)16/h3-5H,1-2H3. The molecule has 0 saturated carbocycles. The van der Waals surface area contributed by atoms with Crippen molar-refractivity contribution >= 4 is 21.4 Å². The van der Waals surface area contributed by atoms with Gasteiger partial charge in [0.1, 0.15) is 21.6 Å². The Morgan fingerprint density at radius 2 is 1.77 bits per heavy atom. The molecule has 0 fully saturated rings. The summed E-state index contributed by atoms with van der Waals surface area (Å²) < 4.78 is 69.0. The number of hydrogen-bond acceptors (Lipinski definition) is 4. The Morgan fingerprint density at radius 3 is 2.32 bits per heavy atom. The summed E-state index contributed by atoms with van der Waals surface area (Å²) in [5.74, 6) is -5.71. The number of rotatable bonds is 3. The van der Waals surface area contributed by atoms with Crippen LogP contribution in [0.3, 0.4) is 0 Å². The molecule has 0 saturated heterocycles. The highest BCUT2D eigenvalue weighted by Crippen LogP contribution is 2.32. The maximum atomic E-state index is 13.9. The van der Waals surface area contributed by atoms with E-state index < -0.39 is 37.9 Å². The molecule has 0 radical (unpaired) electrons. The van der Waals surface area contributed by atoms with Crippen molar-refractivity contribution in [2.24, 2.45) is 0 Å². The number of aryl methyl sites for hydroxylation is 1. The second kappa shape index (κ2) is 5.77. The lowest BCUT2D eigenvalue weighted by Crippen LogP contribution is -2.07. The van der Waals surface area contributed by atoms with E-state index in [0.29, 0.717) is 18.0 Å².